The number of hydrogen-bond donors (Lipinski definition) is 1. The maximum atomic E-state index is 3.77. The van der Waals surface area contributed by atoms with E-state index in [1.807, 2.05) is 0 Å². The largest absolute Gasteiger partial charge is 0.311 e. The molecule has 2 nitrogen and oxygen atoms in total. The molecule has 1 N–H and O–H groups in total. The van der Waals surface area contributed by atoms with Crippen molar-refractivity contribution in [2.45, 2.75) is 78.9 Å². The van der Waals surface area contributed by atoms with Crippen LogP contribution in [0.15, 0.2) is 0 Å². The van der Waals surface area contributed by atoms with Crippen molar-refractivity contribution in [1.82, 2.24) is 10.2 Å². The van der Waals surface area contributed by atoms with Gasteiger partial charge in [0.05, 0.1) is 0 Å². The van der Waals surface area contributed by atoms with E-state index in [1.54, 1.807) is 0 Å². The van der Waals surface area contributed by atoms with Gasteiger partial charge in [0.1, 0.15) is 0 Å². The molecule has 1 fully saturated rings. The van der Waals surface area contributed by atoms with Crippen molar-refractivity contribution in [1.29, 1.82) is 0 Å². The van der Waals surface area contributed by atoms with Crippen LogP contribution in [0.1, 0.15) is 60.8 Å². The minimum absolute atomic E-state index is 0.687. The van der Waals surface area contributed by atoms with Gasteiger partial charge in [0, 0.05) is 31.2 Å². The molecule has 4 unspecified atom stereocenters. The Balaban J connectivity index is 2.63. The van der Waals surface area contributed by atoms with Crippen molar-refractivity contribution in [2.75, 3.05) is 13.1 Å². The van der Waals surface area contributed by atoms with E-state index in [4.69, 9.17) is 0 Å². The van der Waals surface area contributed by atoms with Gasteiger partial charge in [-0.15, -0.1) is 0 Å². The maximum Gasteiger partial charge on any atom is 0.0221 e. The molecule has 0 amide bonds. The van der Waals surface area contributed by atoms with Gasteiger partial charge in [-0.05, 0) is 31.6 Å². The van der Waals surface area contributed by atoms with Crippen LogP contribution in [0.2, 0.25) is 0 Å². The van der Waals surface area contributed by atoms with Crippen LogP contribution in [0.3, 0.4) is 0 Å². The summed E-state index contributed by atoms with van der Waals surface area (Å²) >= 11 is 0. The molecule has 18 heavy (non-hydrogen) atoms. The van der Waals surface area contributed by atoms with E-state index in [9.17, 15) is 0 Å². The van der Waals surface area contributed by atoms with Crippen LogP contribution in [0.5, 0.6) is 0 Å². The Morgan fingerprint density at radius 3 is 2.33 bits per heavy atom. The van der Waals surface area contributed by atoms with Gasteiger partial charge >= 0.3 is 0 Å². The first-order chi connectivity index (χ1) is 8.49. The Morgan fingerprint density at radius 1 is 1.17 bits per heavy atom. The number of rotatable bonds is 6. The van der Waals surface area contributed by atoms with Crippen LogP contribution in [0.25, 0.3) is 0 Å². The molecule has 1 rings (SSSR count). The van der Waals surface area contributed by atoms with E-state index in [0.717, 1.165) is 23.9 Å². The summed E-state index contributed by atoms with van der Waals surface area (Å²) in [5.74, 6) is 1.59. The van der Waals surface area contributed by atoms with Gasteiger partial charge in [0.15, 0.2) is 0 Å². The highest BCUT2D eigenvalue weighted by Crippen LogP contribution is 2.22. The van der Waals surface area contributed by atoms with Crippen molar-refractivity contribution in [3.05, 3.63) is 0 Å². The fourth-order valence-corrected chi connectivity index (χ4v) is 3.25. The first-order valence-corrected chi connectivity index (χ1v) is 7.98. The van der Waals surface area contributed by atoms with Gasteiger partial charge in [0.25, 0.3) is 0 Å². The van der Waals surface area contributed by atoms with Crippen LogP contribution in [0.4, 0.5) is 0 Å². The summed E-state index contributed by atoms with van der Waals surface area (Å²) in [6.45, 7) is 16.5. The fraction of sp³-hybridized carbons (Fsp3) is 1.00. The van der Waals surface area contributed by atoms with Crippen molar-refractivity contribution < 1.29 is 0 Å². The fourth-order valence-electron chi connectivity index (χ4n) is 3.25. The number of nitrogens with zero attached hydrogens (tertiary/aromatic N) is 1. The van der Waals surface area contributed by atoms with Crippen molar-refractivity contribution in [2.24, 2.45) is 11.8 Å². The van der Waals surface area contributed by atoms with E-state index in [-0.39, 0.29) is 0 Å². The van der Waals surface area contributed by atoms with Gasteiger partial charge in [-0.25, -0.2) is 0 Å². The summed E-state index contributed by atoms with van der Waals surface area (Å²) in [6.07, 6.45) is 3.87. The van der Waals surface area contributed by atoms with Crippen molar-refractivity contribution in [3.63, 3.8) is 0 Å². The summed E-state index contributed by atoms with van der Waals surface area (Å²) < 4.78 is 0. The average molecular weight is 254 g/mol. The maximum absolute atomic E-state index is 3.77. The lowest BCUT2D eigenvalue weighted by atomic mass is 9.92. The minimum Gasteiger partial charge on any atom is -0.311 e. The standard InChI is InChI=1S/C16H34N2/c1-7-13(5)16-11-18(14(6)9-12(3)4)15(8-2)10-17-16/h12-17H,7-11H2,1-6H3. The summed E-state index contributed by atoms with van der Waals surface area (Å²) in [5, 5.41) is 3.77. The second-order valence-electron chi connectivity index (χ2n) is 6.64. The SMILES string of the molecule is CCC(C)C1CN(C(C)CC(C)C)C(CC)CN1. The zero-order chi connectivity index (χ0) is 13.7. The predicted molar refractivity (Wildman–Crippen MR) is 80.9 cm³/mol. The molecule has 1 aliphatic heterocycles. The van der Waals surface area contributed by atoms with E-state index in [2.05, 4.69) is 51.8 Å². The highest BCUT2D eigenvalue weighted by Gasteiger charge is 2.31. The highest BCUT2D eigenvalue weighted by molar-refractivity contribution is 4.90. The van der Waals surface area contributed by atoms with E-state index in [0.29, 0.717) is 6.04 Å². The van der Waals surface area contributed by atoms with Gasteiger partial charge in [0.2, 0.25) is 0 Å². The Kier molecular flexibility index (Phi) is 6.65. The molecule has 0 radical (unpaired) electrons. The van der Waals surface area contributed by atoms with Crippen LogP contribution in [0, 0.1) is 11.8 Å². The van der Waals surface area contributed by atoms with Gasteiger partial charge < -0.3 is 5.32 Å². The van der Waals surface area contributed by atoms with Gasteiger partial charge in [-0.2, -0.15) is 0 Å². The minimum atomic E-state index is 0.687. The Bertz CT molecular complexity index is 227. The Labute approximate surface area is 115 Å². The quantitative estimate of drug-likeness (QED) is 0.780. The third-order valence-electron chi connectivity index (χ3n) is 4.67. The Hall–Kier alpha value is -0.0800. The molecular weight excluding hydrogens is 220 g/mol. The molecule has 0 aromatic heterocycles. The molecular formula is C16H34N2. The molecule has 1 saturated heterocycles. The monoisotopic (exact) mass is 254 g/mol. The van der Waals surface area contributed by atoms with Crippen LogP contribution < -0.4 is 5.32 Å². The van der Waals surface area contributed by atoms with E-state index >= 15 is 0 Å². The second kappa shape index (κ2) is 7.49. The van der Waals surface area contributed by atoms with E-state index < -0.39 is 0 Å². The molecule has 1 heterocycles. The number of piperazine rings is 1. The molecule has 0 aliphatic carbocycles. The lowest BCUT2D eigenvalue weighted by molar-refractivity contribution is 0.0623. The molecule has 4 atom stereocenters. The zero-order valence-electron chi connectivity index (χ0n) is 13.4. The predicted octanol–water partition coefficient (Wildman–Crippen LogP) is 3.52. The smallest absolute Gasteiger partial charge is 0.0221 e. The third kappa shape index (κ3) is 4.24. The van der Waals surface area contributed by atoms with Crippen molar-refractivity contribution >= 4 is 0 Å². The summed E-state index contributed by atoms with van der Waals surface area (Å²) in [4.78, 5) is 2.77. The Morgan fingerprint density at radius 2 is 1.83 bits per heavy atom. The van der Waals surface area contributed by atoms with Crippen LogP contribution in [-0.2, 0) is 0 Å². The molecule has 0 aromatic rings. The number of nitrogens with one attached hydrogen (secondary N) is 1. The first kappa shape index (κ1) is 16.0. The topological polar surface area (TPSA) is 15.3 Å². The van der Waals surface area contributed by atoms with Crippen LogP contribution >= 0.6 is 0 Å². The first-order valence-electron chi connectivity index (χ1n) is 7.98. The van der Waals surface area contributed by atoms with Crippen molar-refractivity contribution in [3.8, 4) is 0 Å². The molecule has 0 spiro atoms. The normalized spacial score (nSPS) is 29.5. The lowest BCUT2D eigenvalue weighted by Gasteiger charge is -2.45. The molecule has 0 saturated carbocycles. The highest BCUT2D eigenvalue weighted by atomic mass is 15.3. The van der Waals surface area contributed by atoms with Crippen LogP contribution in [-0.4, -0.2) is 36.1 Å². The lowest BCUT2D eigenvalue weighted by Crippen LogP contribution is -2.60. The molecule has 108 valence electrons. The molecule has 1 aliphatic rings. The van der Waals surface area contributed by atoms with E-state index in [1.165, 1.54) is 32.4 Å². The molecule has 0 aromatic carbocycles. The molecule has 2 heteroatoms. The third-order valence-corrected chi connectivity index (χ3v) is 4.67. The van der Waals surface area contributed by atoms with Gasteiger partial charge in [-0.1, -0.05) is 41.0 Å². The number of hydrogen-bond acceptors (Lipinski definition) is 2. The summed E-state index contributed by atoms with van der Waals surface area (Å²) in [7, 11) is 0. The zero-order valence-corrected chi connectivity index (χ0v) is 13.4. The average Bonchev–Trinajstić information content (AvgIpc) is 2.36. The molecule has 0 bridgehead atoms. The summed E-state index contributed by atoms with van der Waals surface area (Å²) in [6, 6.07) is 2.15. The van der Waals surface area contributed by atoms with Gasteiger partial charge in [-0.3, -0.25) is 4.90 Å². The second-order valence-corrected chi connectivity index (χ2v) is 6.64. The summed E-state index contributed by atoms with van der Waals surface area (Å²) in [5.41, 5.74) is 0.